The molecule has 0 spiro atoms. The maximum absolute atomic E-state index is 13.6. The van der Waals surface area contributed by atoms with Crippen molar-refractivity contribution in [3.8, 4) is 11.5 Å². The average molecular weight is 354 g/mol. The van der Waals surface area contributed by atoms with E-state index in [-0.39, 0.29) is 28.6 Å². The number of hydrogen-bond donors (Lipinski definition) is 0. The fourth-order valence-electron chi connectivity index (χ4n) is 2.09. The summed E-state index contributed by atoms with van der Waals surface area (Å²) in [4.78, 5) is 16.3. The Morgan fingerprint density at radius 3 is 2.95 bits per heavy atom. The lowest BCUT2D eigenvalue weighted by molar-refractivity contribution is 0.0489. The Labute approximate surface area is 129 Å². The predicted molar refractivity (Wildman–Crippen MR) is 77.5 cm³/mol. The zero-order valence-electron chi connectivity index (χ0n) is 11.4. The number of oxazole rings is 1. The maximum Gasteiger partial charge on any atom is 0.376 e. The third kappa shape index (κ3) is 2.72. The van der Waals surface area contributed by atoms with E-state index in [2.05, 4.69) is 20.9 Å². The number of hydrogen-bond acceptors (Lipinski definition) is 4. The van der Waals surface area contributed by atoms with Gasteiger partial charge in [0, 0.05) is 5.92 Å². The van der Waals surface area contributed by atoms with Crippen molar-refractivity contribution in [1.82, 2.24) is 4.98 Å². The molecule has 1 saturated carbocycles. The second kappa shape index (κ2) is 5.60. The Morgan fingerprint density at radius 1 is 1.52 bits per heavy atom. The molecule has 0 N–H and O–H groups in total. The van der Waals surface area contributed by atoms with Crippen LogP contribution in [0.1, 0.15) is 41.9 Å². The predicted octanol–water partition coefficient (Wildman–Crippen LogP) is 4.30. The van der Waals surface area contributed by atoms with Crippen LogP contribution < -0.4 is 0 Å². The number of carbonyl (C=O) groups excluding carboxylic acids is 1. The van der Waals surface area contributed by atoms with Crippen LogP contribution in [-0.4, -0.2) is 17.6 Å². The van der Waals surface area contributed by atoms with Crippen molar-refractivity contribution in [2.45, 2.75) is 25.7 Å². The van der Waals surface area contributed by atoms with Crippen LogP contribution in [0, 0.1) is 5.82 Å². The van der Waals surface area contributed by atoms with Crippen molar-refractivity contribution in [3.63, 3.8) is 0 Å². The van der Waals surface area contributed by atoms with E-state index in [9.17, 15) is 9.18 Å². The van der Waals surface area contributed by atoms with E-state index in [1.807, 2.05) is 0 Å². The number of nitrogens with zero attached hydrogens (tertiary/aromatic N) is 1. The van der Waals surface area contributed by atoms with Gasteiger partial charge in [-0.3, -0.25) is 0 Å². The minimum atomic E-state index is -0.523. The van der Waals surface area contributed by atoms with Crippen LogP contribution in [0.2, 0.25) is 0 Å². The number of esters is 1. The summed E-state index contributed by atoms with van der Waals surface area (Å²) in [5.41, 5.74) is 1.09. The van der Waals surface area contributed by atoms with Gasteiger partial charge in [-0.05, 0) is 47.8 Å². The van der Waals surface area contributed by atoms with E-state index < -0.39 is 11.8 Å². The molecule has 0 atom stereocenters. The van der Waals surface area contributed by atoms with Crippen LogP contribution in [0.3, 0.4) is 0 Å². The largest absolute Gasteiger partial charge is 0.460 e. The average Bonchev–Trinajstić information content (AvgIpc) is 3.21. The molecule has 1 aromatic heterocycles. The Kier molecular flexibility index (Phi) is 3.80. The van der Waals surface area contributed by atoms with Gasteiger partial charge in [0.25, 0.3) is 0 Å². The summed E-state index contributed by atoms with van der Waals surface area (Å²) in [6, 6.07) is 4.59. The van der Waals surface area contributed by atoms with Crippen LogP contribution in [0.5, 0.6) is 0 Å². The van der Waals surface area contributed by atoms with Crippen molar-refractivity contribution < 1.29 is 18.3 Å². The zero-order chi connectivity index (χ0) is 15.0. The normalized spacial score (nSPS) is 14.2. The van der Waals surface area contributed by atoms with Crippen LogP contribution in [0.25, 0.3) is 11.5 Å². The molecule has 0 unspecified atom stereocenters. The number of halogens is 2. The quantitative estimate of drug-likeness (QED) is 0.769. The maximum atomic E-state index is 13.6. The molecule has 0 aliphatic heterocycles. The summed E-state index contributed by atoms with van der Waals surface area (Å²) in [6.07, 6.45) is 1.95. The highest BCUT2D eigenvalue weighted by atomic mass is 79.9. The number of aromatic nitrogens is 1. The molecule has 0 radical (unpaired) electrons. The van der Waals surface area contributed by atoms with Gasteiger partial charge in [0.05, 0.1) is 22.3 Å². The fourth-order valence-corrected chi connectivity index (χ4v) is 2.53. The van der Waals surface area contributed by atoms with Gasteiger partial charge in [0.1, 0.15) is 5.82 Å². The highest BCUT2D eigenvalue weighted by Crippen LogP contribution is 2.43. The lowest BCUT2D eigenvalue weighted by Crippen LogP contribution is -2.05. The number of ether oxygens (including phenoxy) is 1. The molecule has 21 heavy (non-hydrogen) atoms. The van der Waals surface area contributed by atoms with Crippen LogP contribution in [0.15, 0.2) is 27.1 Å². The van der Waals surface area contributed by atoms with Gasteiger partial charge >= 0.3 is 5.97 Å². The lowest BCUT2D eigenvalue weighted by Gasteiger charge is -2.00. The third-order valence-corrected chi connectivity index (χ3v) is 4.07. The van der Waals surface area contributed by atoms with Crippen molar-refractivity contribution in [3.05, 3.63) is 39.9 Å². The topological polar surface area (TPSA) is 52.3 Å². The minimum Gasteiger partial charge on any atom is -0.460 e. The molecular formula is C15H13BrFNO3. The Hall–Kier alpha value is -1.69. The van der Waals surface area contributed by atoms with Gasteiger partial charge in [0.2, 0.25) is 11.7 Å². The number of carbonyl (C=O) groups is 1. The van der Waals surface area contributed by atoms with Crippen LogP contribution in [-0.2, 0) is 4.74 Å². The summed E-state index contributed by atoms with van der Waals surface area (Å²) < 4.78 is 24.4. The van der Waals surface area contributed by atoms with E-state index >= 15 is 0 Å². The lowest BCUT2D eigenvalue weighted by atomic mass is 10.2. The number of rotatable bonds is 4. The summed E-state index contributed by atoms with van der Waals surface area (Å²) in [7, 11) is 0. The van der Waals surface area contributed by atoms with Gasteiger partial charge < -0.3 is 9.15 Å². The smallest absolute Gasteiger partial charge is 0.376 e. The van der Waals surface area contributed by atoms with Gasteiger partial charge in [-0.1, -0.05) is 6.07 Å². The molecule has 110 valence electrons. The SMILES string of the molecule is CCOC(=O)c1oc(-c2cccc(F)c2Br)nc1C1CC1. The first-order valence-corrected chi connectivity index (χ1v) is 7.53. The number of benzene rings is 1. The summed E-state index contributed by atoms with van der Waals surface area (Å²) in [6.45, 7) is 2.00. The molecule has 0 saturated heterocycles. The molecule has 1 aliphatic carbocycles. The molecule has 0 bridgehead atoms. The van der Waals surface area contributed by atoms with E-state index in [4.69, 9.17) is 9.15 Å². The molecule has 1 aromatic carbocycles. The first-order chi connectivity index (χ1) is 10.1. The molecule has 6 heteroatoms. The van der Waals surface area contributed by atoms with E-state index in [0.717, 1.165) is 12.8 Å². The van der Waals surface area contributed by atoms with Crippen molar-refractivity contribution >= 4 is 21.9 Å². The molecule has 3 rings (SSSR count). The summed E-state index contributed by atoms with van der Waals surface area (Å²) in [5.74, 6) is -0.340. The van der Waals surface area contributed by atoms with Gasteiger partial charge in [0.15, 0.2) is 0 Å². The molecule has 1 heterocycles. The van der Waals surface area contributed by atoms with Crippen molar-refractivity contribution in [2.75, 3.05) is 6.61 Å². The van der Waals surface area contributed by atoms with Crippen molar-refractivity contribution in [1.29, 1.82) is 0 Å². The van der Waals surface area contributed by atoms with Crippen molar-refractivity contribution in [2.24, 2.45) is 0 Å². The molecular weight excluding hydrogens is 341 g/mol. The van der Waals surface area contributed by atoms with Crippen LogP contribution in [0.4, 0.5) is 4.39 Å². The molecule has 4 nitrogen and oxygen atoms in total. The van der Waals surface area contributed by atoms with Gasteiger partial charge in [-0.25, -0.2) is 14.2 Å². The van der Waals surface area contributed by atoms with E-state index in [1.165, 1.54) is 6.07 Å². The monoisotopic (exact) mass is 353 g/mol. The fraction of sp³-hybridized carbons (Fsp3) is 0.333. The molecule has 2 aromatic rings. The molecule has 1 aliphatic rings. The molecule has 1 fully saturated rings. The standard InChI is InChI=1S/C15H13BrFNO3/c1-2-20-15(19)13-12(8-6-7-8)18-14(21-13)9-4-3-5-10(17)11(9)16/h3-5,8H,2,6-7H2,1H3. The minimum absolute atomic E-state index is 0.130. The zero-order valence-corrected chi connectivity index (χ0v) is 12.9. The first-order valence-electron chi connectivity index (χ1n) is 6.74. The van der Waals surface area contributed by atoms with Crippen LogP contribution >= 0.6 is 15.9 Å². The molecule has 0 amide bonds. The third-order valence-electron chi connectivity index (χ3n) is 3.26. The Bertz CT molecular complexity index is 694. The summed E-state index contributed by atoms with van der Waals surface area (Å²) >= 11 is 3.18. The second-order valence-corrected chi connectivity index (χ2v) is 5.62. The van der Waals surface area contributed by atoms with Gasteiger partial charge in [-0.2, -0.15) is 0 Å². The Balaban J connectivity index is 2.06. The van der Waals surface area contributed by atoms with E-state index in [1.54, 1.807) is 19.1 Å². The Morgan fingerprint density at radius 2 is 2.29 bits per heavy atom. The van der Waals surface area contributed by atoms with E-state index in [0.29, 0.717) is 11.3 Å². The first kappa shape index (κ1) is 14.3. The highest BCUT2D eigenvalue weighted by Gasteiger charge is 2.34. The second-order valence-electron chi connectivity index (χ2n) is 4.83. The highest BCUT2D eigenvalue weighted by molar-refractivity contribution is 9.10. The van der Waals surface area contributed by atoms with Gasteiger partial charge in [-0.15, -0.1) is 0 Å². The summed E-state index contributed by atoms with van der Waals surface area (Å²) in [5, 5.41) is 0.